The summed E-state index contributed by atoms with van der Waals surface area (Å²) < 4.78 is 5.43. The van der Waals surface area contributed by atoms with Crippen LogP contribution in [0.3, 0.4) is 0 Å². The first-order chi connectivity index (χ1) is 13.7. The molecule has 0 aliphatic carbocycles. The van der Waals surface area contributed by atoms with Gasteiger partial charge in [0, 0.05) is 0 Å². The number of unbranched alkanes of at least 4 members (excludes halogenated alkanes) is 6. The van der Waals surface area contributed by atoms with Crippen LogP contribution in [-0.4, -0.2) is 29.5 Å². The highest BCUT2D eigenvalue weighted by molar-refractivity contribution is 5.11. The Labute approximate surface area is 168 Å². The van der Waals surface area contributed by atoms with Crippen LogP contribution in [0, 0.1) is 0 Å². The topological polar surface area (TPSA) is 49.7 Å². The monoisotopic (exact) mass is 376 g/mol. The van der Waals surface area contributed by atoms with Crippen molar-refractivity contribution in [1.29, 1.82) is 0 Å². The molecule has 1 unspecified atom stereocenters. The summed E-state index contributed by atoms with van der Waals surface area (Å²) >= 11 is 0. The summed E-state index contributed by atoms with van der Waals surface area (Å²) in [5.74, 6) is 0.395. The summed E-state index contributed by atoms with van der Waals surface area (Å²) in [5.41, 5.74) is 25.5. The molecule has 3 nitrogen and oxygen atoms in total. The maximum absolute atomic E-state index is 9.42. The summed E-state index contributed by atoms with van der Waals surface area (Å²) in [6.07, 6.45) is 11.2. The molecule has 3 heteroatoms. The largest absolute Gasteiger partial charge is 0.483 e. The summed E-state index contributed by atoms with van der Waals surface area (Å²) in [6, 6.07) is 0. The van der Waals surface area contributed by atoms with Gasteiger partial charge in [-0.15, -0.1) is 0 Å². The van der Waals surface area contributed by atoms with Gasteiger partial charge >= 0.3 is 0 Å². The minimum absolute atomic E-state index is 0.0297. The third-order valence-corrected chi connectivity index (χ3v) is 3.35. The van der Waals surface area contributed by atoms with E-state index in [0.29, 0.717) is 5.76 Å². The lowest BCUT2D eigenvalue weighted by atomic mass is 10.1. The summed E-state index contributed by atoms with van der Waals surface area (Å²) in [7, 11) is 0. The van der Waals surface area contributed by atoms with E-state index in [0.717, 1.165) is 12.8 Å². The van der Waals surface area contributed by atoms with E-state index in [1.165, 1.54) is 32.1 Å². The predicted octanol–water partition coefficient (Wildman–Crippen LogP) is 4.73. The van der Waals surface area contributed by atoms with Crippen LogP contribution in [0.2, 0.25) is 0 Å². The van der Waals surface area contributed by atoms with E-state index < -0.39 is 6.10 Å². The molecule has 1 atom stereocenters. The molecule has 0 rings (SSSR count). The van der Waals surface area contributed by atoms with Crippen molar-refractivity contribution in [2.75, 3.05) is 13.2 Å². The maximum atomic E-state index is 9.42. The van der Waals surface area contributed by atoms with Gasteiger partial charge in [-0.1, -0.05) is 50.8 Å². The van der Waals surface area contributed by atoms with Gasteiger partial charge in [-0.2, -0.15) is 0 Å². The zero-order chi connectivity index (χ0) is 20.7. The minimum Gasteiger partial charge on any atom is -0.483 e. The second kappa shape index (κ2) is 20.3. The molecule has 0 aliphatic heterocycles. The van der Waals surface area contributed by atoms with Gasteiger partial charge in [0.15, 0.2) is 5.76 Å². The number of allylic oxidation sites excluding steroid dienone is 2. The van der Waals surface area contributed by atoms with Gasteiger partial charge in [0.2, 0.25) is 0 Å². The third-order valence-electron chi connectivity index (χ3n) is 3.35. The molecule has 0 bridgehead atoms. The highest BCUT2D eigenvalue weighted by Crippen LogP contribution is 2.08. The molecule has 0 saturated carbocycles. The Kier molecular flexibility index (Phi) is 18.1. The van der Waals surface area contributed by atoms with Crippen LogP contribution in [0.1, 0.15) is 51.9 Å². The molecule has 0 aliphatic rings. The predicted molar refractivity (Wildman–Crippen MR) is 110 cm³/mol. The number of aliphatic hydroxyl groups excluding tert-OH is 2. The van der Waals surface area contributed by atoms with Crippen LogP contribution < -0.4 is 0 Å². The lowest BCUT2D eigenvalue weighted by Gasteiger charge is -2.08. The number of aliphatic hydroxyl groups is 2. The highest BCUT2D eigenvalue weighted by Gasteiger charge is 2.02. The zero-order valence-corrected chi connectivity index (χ0v) is 16.6. The van der Waals surface area contributed by atoms with Crippen molar-refractivity contribution in [3.05, 3.63) is 81.8 Å². The molecule has 0 aromatic carbocycles. The van der Waals surface area contributed by atoms with Crippen molar-refractivity contribution >= 4 is 0 Å². The zero-order valence-electron chi connectivity index (χ0n) is 16.6. The van der Waals surface area contributed by atoms with Gasteiger partial charge in [0.25, 0.3) is 0 Å². The third kappa shape index (κ3) is 17.8. The van der Waals surface area contributed by atoms with Gasteiger partial charge < -0.3 is 14.9 Å². The summed E-state index contributed by atoms with van der Waals surface area (Å²) in [6.45, 7) is 5.15. The van der Waals surface area contributed by atoms with Crippen LogP contribution in [-0.2, 0) is 4.74 Å². The average molecular weight is 376 g/mol. The molecular formula is C25H28O3. The van der Waals surface area contributed by atoms with Crippen LogP contribution in [0.25, 0.3) is 0 Å². The molecule has 0 saturated heterocycles. The Hall–Kier alpha value is -3.00. The van der Waals surface area contributed by atoms with Crippen LogP contribution in [0.4, 0.5) is 0 Å². The van der Waals surface area contributed by atoms with Crippen molar-refractivity contribution in [3.8, 4) is 0 Å². The number of hydrogen-bond donors (Lipinski definition) is 2. The Balaban J connectivity index is 5.11. The Bertz CT molecular complexity index is 845. The van der Waals surface area contributed by atoms with Gasteiger partial charge in [0.05, 0.1) is 6.61 Å². The molecule has 0 heterocycles. The van der Waals surface area contributed by atoms with Gasteiger partial charge in [0.1, 0.15) is 12.7 Å². The van der Waals surface area contributed by atoms with E-state index >= 15 is 0 Å². The summed E-state index contributed by atoms with van der Waals surface area (Å²) in [5, 5.41) is 18.3. The molecule has 28 heavy (non-hydrogen) atoms. The first-order valence-corrected chi connectivity index (χ1v) is 9.47. The van der Waals surface area contributed by atoms with E-state index in [1.54, 1.807) is 6.08 Å². The fraction of sp³-hybridized carbons (Fsp3) is 0.440. The maximum Gasteiger partial charge on any atom is 0.170 e. The molecule has 0 spiro atoms. The molecule has 2 N–H and O–H groups in total. The van der Waals surface area contributed by atoms with Crippen molar-refractivity contribution in [2.45, 2.75) is 58.0 Å². The second-order valence-corrected chi connectivity index (χ2v) is 5.77. The lowest BCUT2D eigenvalue weighted by molar-refractivity contribution is 0.0331. The molecule has 146 valence electrons. The molecular weight excluding hydrogens is 348 g/mol. The Morgan fingerprint density at radius 1 is 0.929 bits per heavy atom. The molecule has 0 aromatic rings. The number of hydrogen-bond acceptors (Lipinski definition) is 3. The van der Waals surface area contributed by atoms with Crippen molar-refractivity contribution in [2.24, 2.45) is 0 Å². The lowest BCUT2D eigenvalue weighted by Crippen LogP contribution is -2.18. The highest BCUT2D eigenvalue weighted by atomic mass is 16.5. The SMILES string of the molecule is C=C=C=C=C=C=C=C=C=C=C=C(/C=C\CCCCCCCC)OCC(O)CO. The van der Waals surface area contributed by atoms with Crippen LogP contribution in [0.5, 0.6) is 0 Å². The first-order valence-electron chi connectivity index (χ1n) is 9.47. The normalized spacial score (nSPS) is 9.68. The average Bonchev–Trinajstić information content (AvgIpc) is 2.71. The van der Waals surface area contributed by atoms with E-state index in [9.17, 15) is 5.11 Å². The second-order valence-electron chi connectivity index (χ2n) is 5.77. The minimum atomic E-state index is -0.944. The van der Waals surface area contributed by atoms with E-state index in [-0.39, 0.29) is 13.2 Å². The van der Waals surface area contributed by atoms with Crippen molar-refractivity contribution in [1.82, 2.24) is 0 Å². The molecule has 0 amide bonds. The molecule has 0 radical (unpaired) electrons. The van der Waals surface area contributed by atoms with Crippen LogP contribution >= 0.6 is 0 Å². The number of ether oxygens (including phenoxy) is 1. The quantitative estimate of drug-likeness (QED) is 0.224. The Morgan fingerprint density at radius 3 is 2.18 bits per heavy atom. The number of rotatable bonds is 12. The van der Waals surface area contributed by atoms with E-state index in [4.69, 9.17) is 9.84 Å². The van der Waals surface area contributed by atoms with Gasteiger partial charge in [-0.3, -0.25) is 0 Å². The van der Waals surface area contributed by atoms with Crippen molar-refractivity contribution < 1.29 is 14.9 Å². The Morgan fingerprint density at radius 2 is 1.54 bits per heavy atom. The van der Waals surface area contributed by atoms with Crippen LogP contribution in [0.15, 0.2) is 81.8 Å². The van der Waals surface area contributed by atoms with E-state index in [2.05, 4.69) is 70.8 Å². The molecule has 0 fully saturated rings. The fourth-order valence-corrected chi connectivity index (χ4v) is 1.92. The van der Waals surface area contributed by atoms with Gasteiger partial charge in [-0.25, -0.2) is 0 Å². The molecule has 0 aromatic heterocycles. The van der Waals surface area contributed by atoms with E-state index in [1.807, 2.05) is 6.08 Å². The standard InChI is InChI=1S/C25H28O3/c1-3-5-7-9-11-13-15-17-19-21-25(28-23-24(27)22-26)20-18-16-14-12-10-8-6-4-2/h18,20,24,26-27H,1,4,6,8,10,12,14,16,22-23H2,2H3/b20-18-. The smallest absolute Gasteiger partial charge is 0.170 e. The van der Waals surface area contributed by atoms with Crippen molar-refractivity contribution in [3.63, 3.8) is 0 Å². The fourth-order valence-electron chi connectivity index (χ4n) is 1.92. The first kappa shape index (κ1) is 25.0. The summed E-state index contributed by atoms with van der Waals surface area (Å²) in [4.78, 5) is 0. The van der Waals surface area contributed by atoms with Gasteiger partial charge in [-0.05, 0) is 77.1 Å².